The first kappa shape index (κ1) is 16.2. The summed E-state index contributed by atoms with van der Waals surface area (Å²) < 4.78 is 27.5. The van der Waals surface area contributed by atoms with Crippen LogP contribution in [-0.2, 0) is 0 Å². The Hall–Kier alpha value is -1.16. The molecule has 0 aliphatic heterocycles. The zero-order valence-electron chi connectivity index (χ0n) is 11.5. The Balaban J connectivity index is 2.44. The second-order valence-electron chi connectivity index (χ2n) is 4.73. The van der Waals surface area contributed by atoms with Crippen molar-refractivity contribution in [3.05, 3.63) is 69.2 Å². The maximum Gasteiger partial charge on any atom is 0.141 e. The van der Waals surface area contributed by atoms with Gasteiger partial charge in [-0.25, -0.2) is 8.78 Å². The highest BCUT2D eigenvalue weighted by Crippen LogP contribution is 2.29. The van der Waals surface area contributed by atoms with Crippen molar-refractivity contribution in [1.82, 2.24) is 5.32 Å². The van der Waals surface area contributed by atoms with Crippen LogP contribution < -0.4 is 5.32 Å². The average Bonchev–Trinajstić information content (AvgIpc) is 2.44. The number of rotatable bonds is 5. The van der Waals surface area contributed by atoms with Crippen LogP contribution in [0.4, 0.5) is 8.78 Å². The molecule has 0 saturated heterocycles. The Kier molecular flexibility index (Phi) is 5.57. The third kappa shape index (κ3) is 3.94. The molecule has 0 aliphatic rings. The molecule has 0 aromatic heterocycles. The van der Waals surface area contributed by atoms with E-state index in [0.29, 0.717) is 22.7 Å². The summed E-state index contributed by atoms with van der Waals surface area (Å²) in [4.78, 5) is 0. The fourth-order valence-corrected chi connectivity index (χ4v) is 2.47. The molecule has 1 nitrogen and oxygen atoms in total. The van der Waals surface area contributed by atoms with Crippen molar-refractivity contribution < 1.29 is 8.78 Å². The molecule has 0 radical (unpaired) electrons. The topological polar surface area (TPSA) is 12.0 Å². The van der Waals surface area contributed by atoms with Crippen LogP contribution in [0.2, 0.25) is 10.0 Å². The van der Waals surface area contributed by atoms with Crippen molar-refractivity contribution in [3.63, 3.8) is 0 Å². The zero-order valence-corrected chi connectivity index (χ0v) is 13.0. The number of halogens is 4. The molecule has 0 saturated carbocycles. The molecule has 0 heterocycles. The monoisotopic (exact) mass is 329 g/mol. The smallest absolute Gasteiger partial charge is 0.141 e. The summed E-state index contributed by atoms with van der Waals surface area (Å²) in [5, 5.41) is 3.60. The highest BCUT2D eigenvalue weighted by atomic mass is 35.5. The normalized spacial score (nSPS) is 12.4. The van der Waals surface area contributed by atoms with Gasteiger partial charge in [0.25, 0.3) is 0 Å². The first-order chi connectivity index (χ1) is 10.0. The summed E-state index contributed by atoms with van der Waals surface area (Å²) in [6.07, 6.45) is 0.890. The van der Waals surface area contributed by atoms with Crippen LogP contribution in [-0.4, -0.2) is 6.54 Å². The van der Waals surface area contributed by atoms with Crippen LogP contribution >= 0.6 is 23.2 Å². The maximum atomic E-state index is 14.2. The molecule has 112 valence electrons. The molecule has 2 aromatic rings. The van der Waals surface area contributed by atoms with Gasteiger partial charge in [0.2, 0.25) is 0 Å². The van der Waals surface area contributed by atoms with Gasteiger partial charge in [-0.3, -0.25) is 0 Å². The Morgan fingerprint density at radius 1 is 1.05 bits per heavy atom. The van der Waals surface area contributed by atoms with E-state index in [9.17, 15) is 8.78 Å². The minimum absolute atomic E-state index is 0.0187. The SMILES string of the molecule is CCCNC(c1ccc(F)c(Cl)c1)c1ccc(Cl)cc1F. The third-order valence-corrected chi connectivity index (χ3v) is 3.67. The van der Waals surface area contributed by atoms with E-state index in [-0.39, 0.29) is 5.02 Å². The average molecular weight is 330 g/mol. The van der Waals surface area contributed by atoms with E-state index in [1.54, 1.807) is 18.2 Å². The lowest BCUT2D eigenvalue weighted by atomic mass is 9.98. The van der Waals surface area contributed by atoms with Crippen LogP contribution in [0.1, 0.15) is 30.5 Å². The fourth-order valence-electron chi connectivity index (χ4n) is 2.12. The van der Waals surface area contributed by atoms with E-state index >= 15 is 0 Å². The molecule has 0 bridgehead atoms. The Morgan fingerprint density at radius 3 is 2.43 bits per heavy atom. The second kappa shape index (κ2) is 7.21. The molecule has 1 unspecified atom stereocenters. The van der Waals surface area contributed by atoms with Crippen LogP contribution in [0.25, 0.3) is 0 Å². The van der Waals surface area contributed by atoms with Gasteiger partial charge in [0, 0.05) is 10.6 Å². The number of nitrogens with one attached hydrogen (secondary N) is 1. The molecular formula is C16H15Cl2F2N. The first-order valence-corrected chi connectivity index (χ1v) is 7.41. The maximum absolute atomic E-state index is 14.2. The van der Waals surface area contributed by atoms with E-state index in [1.165, 1.54) is 18.2 Å². The molecule has 0 amide bonds. The van der Waals surface area contributed by atoms with Gasteiger partial charge in [-0.15, -0.1) is 0 Å². The van der Waals surface area contributed by atoms with Crippen molar-refractivity contribution in [2.45, 2.75) is 19.4 Å². The summed E-state index contributed by atoms with van der Waals surface area (Å²) in [5.74, 6) is -0.900. The predicted octanol–water partition coefficient (Wildman–Crippen LogP) is 5.36. The van der Waals surface area contributed by atoms with Gasteiger partial charge in [-0.2, -0.15) is 0 Å². The minimum Gasteiger partial charge on any atom is -0.306 e. The first-order valence-electron chi connectivity index (χ1n) is 6.66. The molecular weight excluding hydrogens is 315 g/mol. The highest BCUT2D eigenvalue weighted by molar-refractivity contribution is 6.31. The summed E-state index contributed by atoms with van der Waals surface area (Å²) in [6.45, 7) is 2.71. The van der Waals surface area contributed by atoms with Gasteiger partial charge >= 0.3 is 0 Å². The number of benzene rings is 2. The van der Waals surface area contributed by atoms with E-state index in [1.807, 2.05) is 6.92 Å². The van der Waals surface area contributed by atoms with E-state index in [4.69, 9.17) is 23.2 Å². The van der Waals surface area contributed by atoms with E-state index in [0.717, 1.165) is 6.42 Å². The molecule has 0 spiro atoms. The van der Waals surface area contributed by atoms with Crippen LogP contribution in [0, 0.1) is 11.6 Å². The molecule has 0 aliphatic carbocycles. The molecule has 21 heavy (non-hydrogen) atoms. The van der Waals surface area contributed by atoms with Gasteiger partial charge in [-0.05, 0) is 42.8 Å². The summed E-state index contributed by atoms with van der Waals surface area (Å²) >= 11 is 11.6. The zero-order chi connectivity index (χ0) is 15.4. The van der Waals surface area contributed by atoms with Crippen molar-refractivity contribution in [3.8, 4) is 0 Å². The third-order valence-electron chi connectivity index (χ3n) is 3.15. The fraction of sp³-hybridized carbons (Fsp3) is 0.250. The lowest BCUT2D eigenvalue weighted by Crippen LogP contribution is -2.24. The standard InChI is InChI=1S/C16H15Cl2F2N/c1-2-7-21-16(10-3-6-14(19)13(18)8-10)12-5-4-11(17)9-15(12)20/h3-6,8-9,16,21H,2,7H2,1H3. The van der Waals surface area contributed by atoms with Crippen LogP contribution in [0.15, 0.2) is 36.4 Å². The van der Waals surface area contributed by atoms with Gasteiger partial charge in [0.05, 0.1) is 11.1 Å². The largest absolute Gasteiger partial charge is 0.306 e. The van der Waals surface area contributed by atoms with Gasteiger partial charge in [0.1, 0.15) is 11.6 Å². The van der Waals surface area contributed by atoms with Gasteiger partial charge in [0.15, 0.2) is 0 Å². The quantitative estimate of drug-likeness (QED) is 0.778. The van der Waals surface area contributed by atoms with E-state index < -0.39 is 17.7 Å². The second-order valence-corrected chi connectivity index (χ2v) is 5.57. The molecule has 1 atom stereocenters. The summed E-state index contributed by atoms with van der Waals surface area (Å²) in [7, 11) is 0. The molecule has 5 heteroatoms. The molecule has 1 N–H and O–H groups in total. The van der Waals surface area contributed by atoms with Crippen LogP contribution in [0.3, 0.4) is 0 Å². The molecule has 2 rings (SSSR count). The van der Waals surface area contributed by atoms with Crippen molar-refractivity contribution in [2.75, 3.05) is 6.54 Å². The van der Waals surface area contributed by atoms with E-state index in [2.05, 4.69) is 5.32 Å². The van der Waals surface area contributed by atoms with Crippen molar-refractivity contribution in [1.29, 1.82) is 0 Å². The summed E-state index contributed by atoms with van der Waals surface area (Å²) in [6, 6.07) is 8.52. The lowest BCUT2D eigenvalue weighted by molar-refractivity contribution is 0.545. The Labute approximate surface area is 132 Å². The van der Waals surface area contributed by atoms with Crippen molar-refractivity contribution >= 4 is 23.2 Å². The van der Waals surface area contributed by atoms with Crippen molar-refractivity contribution in [2.24, 2.45) is 0 Å². The predicted molar refractivity (Wildman–Crippen MR) is 83.0 cm³/mol. The Bertz CT molecular complexity index is 632. The molecule has 2 aromatic carbocycles. The highest BCUT2D eigenvalue weighted by Gasteiger charge is 2.18. The van der Waals surface area contributed by atoms with Crippen LogP contribution in [0.5, 0.6) is 0 Å². The number of hydrogen-bond donors (Lipinski definition) is 1. The van der Waals surface area contributed by atoms with Gasteiger partial charge in [-0.1, -0.05) is 42.3 Å². The van der Waals surface area contributed by atoms with Gasteiger partial charge < -0.3 is 5.32 Å². The minimum atomic E-state index is -0.494. The lowest BCUT2D eigenvalue weighted by Gasteiger charge is -2.20. The Morgan fingerprint density at radius 2 is 1.81 bits per heavy atom. The molecule has 0 fully saturated rings. The number of hydrogen-bond acceptors (Lipinski definition) is 1. The summed E-state index contributed by atoms with van der Waals surface area (Å²) in [5.41, 5.74) is 1.16.